The van der Waals surface area contributed by atoms with Crippen molar-refractivity contribution in [2.75, 3.05) is 6.54 Å². The van der Waals surface area contributed by atoms with Crippen molar-refractivity contribution in [2.24, 2.45) is 39.2 Å². The van der Waals surface area contributed by atoms with Gasteiger partial charge in [0.1, 0.15) is 11.7 Å². The fourth-order valence-electron chi connectivity index (χ4n) is 6.59. The lowest BCUT2D eigenvalue weighted by atomic mass is 9.43. The van der Waals surface area contributed by atoms with Crippen LogP contribution in [0.15, 0.2) is 28.9 Å². The van der Waals surface area contributed by atoms with E-state index < -0.39 is 30.6 Å². The molecule has 3 aliphatic carbocycles. The Morgan fingerprint density at radius 2 is 2.00 bits per heavy atom. The summed E-state index contributed by atoms with van der Waals surface area (Å²) < 4.78 is 13.2. The van der Waals surface area contributed by atoms with E-state index in [1.165, 1.54) is 18.6 Å². The predicted octanol–water partition coefficient (Wildman–Crippen LogP) is 1.74. The maximum Gasteiger partial charge on any atom is 0.481 e. The van der Waals surface area contributed by atoms with E-state index >= 15 is 0 Å². The van der Waals surface area contributed by atoms with Gasteiger partial charge in [0, 0.05) is 18.9 Å². The number of rotatable bonds is 12. The fourth-order valence-corrected chi connectivity index (χ4v) is 6.59. The van der Waals surface area contributed by atoms with Gasteiger partial charge in [-0.15, -0.1) is 4.91 Å². The molecule has 0 radical (unpaired) electrons. The lowest BCUT2D eigenvalue weighted by Crippen LogP contribution is -2.65. The van der Waals surface area contributed by atoms with E-state index in [4.69, 9.17) is 15.0 Å². The summed E-state index contributed by atoms with van der Waals surface area (Å²) in [5, 5.41) is 8.38. The van der Waals surface area contributed by atoms with Gasteiger partial charge in [-0.3, -0.25) is 19.6 Å². The quantitative estimate of drug-likeness (QED) is 0.0744. The summed E-state index contributed by atoms with van der Waals surface area (Å²) in [5.41, 5.74) is 7.48. The first-order chi connectivity index (χ1) is 19.0. The van der Waals surface area contributed by atoms with E-state index in [0.717, 1.165) is 12.8 Å². The fraction of sp³-hybridized carbons (Fsp3) is 0.731. The van der Waals surface area contributed by atoms with E-state index in [1.807, 2.05) is 5.43 Å². The second kappa shape index (κ2) is 12.2. The number of carbonyl (C=O) groups is 2. The minimum Gasteiger partial charge on any atom is -0.404 e. The molecule has 1 saturated heterocycles. The smallest absolute Gasteiger partial charge is 0.404 e. The van der Waals surface area contributed by atoms with E-state index in [1.54, 1.807) is 0 Å². The highest BCUT2D eigenvalue weighted by Gasteiger charge is 2.68. The third-order valence-corrected chi connectivity index (χ3v) is 8.86. The molecular formula is C26H41BN8O5. The lowest BCUT2D eigenvalue weighted by Gasteiger charge is -2.64. The average Bonchev–Trinajstić information content (AvgIpc) is 3.27. The number of nitrogens with two attached hydrogens (primary N) is 1. The Hall–Kier alpha value is -3.13. The molecule has 40 heavy (non-hydrogen) atoms. The van der Waals surface area contributed by atoms with Crippen LogP contribution in [0.2, 0.25) is 0 Å². The van der Waals surface area contributed by atoms with Gasteiger partial charge in [0.05, 0.1) is 29.1 Å². The van der Waals surface area contributed by atoms with Gasteiger partial charge in [-0.25, -0.2) is 10.4 Å². The number of amides is 2. The van der Waals surface area contributed by atoms with Crippen LogP contribution in [0.4, 0.5) is 0 Å². The van der Waals surface area contributed by atoms with Crippen molar-refractivity contribution >= 4 is 24.9 Å². The standard InChI is InChI=1S/C26H41BN8O5/c1-15(2)11-21(27-39-20-13-16-12-19(25(16,3)4)26(20,5)40-27)33-22(36)17(7-6-8-31-24(28)34-35-38)32-23(37)18-14-29-9-10-30-18/h9-10,14-17,19-21H,6-8,11-13H2,1-5H3,(H,32,37)(H,33,36)(H3,28,31,34,38)/t16-,17-,19-,20+,21-,26-/m0/s1. The van der Waals surface area contributed by atoms with Gasteiger partial charge in [-0.05, 0) is 62.2 Å². The molecule has 0 spiro atoms. The normalized spacial score (nSPS) is 28.2. The van der Waals surface area contributed by atoms with Crippen LogP contribution in [0, 0.1) is 28.1 Å². The Bertz CT molecular complexity index is 1110. The van der Waals surface area contributed by atoms with Gasteiger partial charge >= 0.3 is 7.12 Å². The highest BCUT2D eigenvalue weighted by molar-refractivity contribution is 6.48. The zero-order valence-corrected chi connectivity index (χ0v) is 23.9. The van der Waals surface area contributed by atoms with Crippen molar-refractivity contribution in [3.8, 4) is 0 Å². The first kappa shape index (κ1) is 29.8. The summed E-state index contributed by atoms with van der Waals surface area (Å²) in [6.07, 6.45) is 7.61. The molecule has 2 heterocycles. The van der Waals surface area contributed by atoms with Gasteiger partial charge in [0.2, 0.25) is 11.9 Å². The summed E-state index contributed by atoms with van der Waals surface area (Å²) in [6.45, 7) is 11.2. The first-order valence-electron chi connectivity index (χ1n) is 14.0. The summed E-state index contributed by atoms with van der Waals surface area (Å²) in [7, 11) is -0.584. The van der Waals surface area contributed by atoms with Gasteiger partial charge in [-0.2, -0.15) is 0 Å². The maximum atomic E-state index is 13.7. The van der Waals surface area contributed by atoms with Crippen LogP contribution >= 0.6 is 0 Å². The van der Waals surface area contributed by atoms with Gasteiger partial charge in [-0.1, -0.05) is 27.7 Å². The summed E-state index contributed by atoms with van der Waals surface area (Å²) in [4.78, 5) is 48.8. The molecule has 2 bridgehead atoms. The van der Waals surface area contributed by atoms with Crippen LogP contribution in [0.1, 0.15) is 77.2 Å². The zero-order valence-electron chi connectivity index (χ0n) is 23.9. The Morgan fingerprint density at radius 3 is 2.65 bits per heavy atom. The summed E-state index contributed by atoms with van der Waals surface area (Å²) >= 11 is 0. The van der Waals surface area contributed by atoms with E-state index in [9.17, 15) is 14.5 Å². The maximum absolute atomic E-state index is 13.7. The Kier molecular flexibility index (Phi) is 9.08. The summed E-state index contributed by atoms with van der Waals surface area (Å²) in [5.74, 6) is -0.111. The molecule has 5 rings (SSSR count). The molecule has 218 valence electrons. The zero-order chi connectivity index (χ0) is 29.1. The molecule has 6 atom stereocenters. The van der Waals surface area contributed by atoms with Crippen molar-refractivity contribution < 1.29 is 18.9 Å². The largest absolute Gasteiger partial charge is 0.481 e. The van der Waals surface area contributed by atoms with Crippen LogP contribution < -0.4 is 21.8 Å². The van der Waals surface area contributed by atoms with Gasteiger partial charge in [0.25, 0.3) is 5.91 Å². The number of aliphatic imine (C=N–C) groups is 1. The molecule has 3 saturated carbocycles. The Morgan fingerprint density at radius 1 is 1.23 bits per heavy atom. The molecule has 14 heteroatoms. The number of hydrogen-bond donors (Lipinski definition) is 4. The number of aromatic nitrogens is 2. The minimum atomic E-state index is -0.885. The second-order valence-electron chi connectivity index (χ2n) is 12.3. The van der Waals surface area contributed by atoms with Crippen molar-refractivity contribution in [2.45, 2.75) is 90.4 Å². The van der Waals surface area contributed by atoms with Crippen molar-refractivity contribution in [1.82, 2.24) is 26.0 Å². The number of nitrogens with one attached hydrogen (secondary N) is 3. The first-order valence-corrected chi connectivity index (χ1v) is 14.0. The number of nitroso groups, excluding NO2 is 1. The molecule has 4 aliphatic rings. The van der Waals surface area contributed by atoms with Crippen LogP contribution in [0.25, 0.3) is 0 Å². The number of guanidine groups is 1. The molecule has 4 fully saturated rings. The third kappa shape index (κ3) is 6.27. The number of nitrogens with zero attached hydrogens (tertiary/aromatic N) is 4. The molecule has 5 N–H and O–H groups in total. The molecule has 2 amide bonds. The average molecular weight is 556 g/mol. The lowest BCUT2D eigenvalue weighted by molar-refractivity contribution is -0.199. The third-order valence-electron chi connectivity index (χ3n) is 8.86. The number of hydrogen-bond acceptors (Lipinski definition) is 9. The van der Waals surface area contributed by atoms with Crippen molar-refractivity contribution in [3.05, 3.63) is 29.2 Å². The molecule has 13 nitrogen and oxygen atoms in total. The second-order valence-corrected chi connectivity index (χ2v) is 12.3. The van der Waals surface area contributed by atoms with Gasteiger partial charge in [0.15, 0.2) is 0 Å². The molecular weight excluding hydrogens is 515 g/mol. The van der Waals surface area contributed by atoms with Crippen LogP contribution in [-0.4, -0.2) is 65.1 Å². The monoisotopic (exact) mass is 556 g/mol. The van der Waals surface area contributed by atoms with E-state index in [-0.39, 0.29) is 48.0 Å². The predicted molar refractivity (Wildman–Crippen MR) is 149 cm³/mol. The van der Waals surface area contributed by atoms with Crippen molar-refractivity contribution in [3.63, 3.8) is 0 Å². The number of carbonyl (C=O) groups excluding carboxylic acids is 2. The van der Waals surface area contributed by atoms with E-state index in [2.05, 4.69) is 65.5 Å². The van der Waals surface area contributed by atoms with Gasteiger partial charge < -0.3 is 25.7 Å². The minimum absolute atomic E-state index is 0.00854. The van der Waals surface area contributed by atoms with Crippen LogP contribution in [-0.2, 0) is 14.1 Å². The Balaban J connectivity index is 1.46. The molecule has 0 aromatic carbocycles. The Labute approximate surface area is 235 Å². The van der Waals surface area contributed by atoms with Crippen LogP contribution in [0.3, 0.4) is 0 Å². The molecule has 1 aromatic heterocycles. The van der Waals surface area contributed by atoms with E-state index in [0.29, 0.717) is 24.7 Å². The highest BCUT2D eigenvalue weighted by Crippen LogP contribution is 2.65. The molecule has 1 aliphatic heterocycles. The highest BCUT2D eigenvalue weighted by atomic mass is 16.7. The molecule has 1 aromatic rings. The van der Waals surface area contributed by atoms with Crippen molar-refractivity contribution in [1.29, 1.82) is 0 Å². The SMILES string of the molecule is CC(C)C[C@H](NC(=O)[C@H](CCCN=C(N)NN=O)NC(=O)c1cnccn1)B1O[C@@H]2C[C@@H]3C[C@@H](C3(C)C)[C@]2(C)O1. The molecule has 0 unspecified atom stereocenters. The van der Waals surface area contributed by atoms with Crippen LogP contribution in [0.5, 0.6) is 0 Å². The summed E-state index contributed by atoms with van der Waals surface area (Å²) in [6, 6.07) is -0.885. The topological polar surface area (TPSA) is 182 Å².